The van der Waals surface area contributed by atoms with Crippen LogP contribution in [0.1, 0.15) is 17.0 Å². The Morgan fingerprint density at radius 3 is 2.75 bits per heavy atom. The first-order valence-corrected chi connectivity index (χ1v) is 6.91. The Morgan fingerprint density at radius 2 is 2.15 bits per heavy atom. The van der Waals surface area contributed by atoms with E-state index in [1.54, 1.807) is 10.7 Å². The molecule has 0 aliphatic carbocycles. The molecule has 0 bridgehead atoms. The monoisotopic (exact) mass is 339 g/mol. The van der Waals surface area contributed by atoms with Gasteiger partial charge in [0.25, 0.3) is 0 Å². The van der Waals surface area contributed by atoms with Gasteiger partial charge in [0.15, 0.2) is 0 Å². The maximum atomic E-state index is 13.6. The molecule has 1 heterocycles. The van der Waals surface area contributed by atoms with E-state index in [4.69, 9.17) is 0 Å². The molecule has 106 valence electrons. The maximum Gasteiger partial charge on any atom is 0.229 e. The molecular formula is C14H15BrFN3O. The molecule has 20 heavy (non-hydrogen) atoms. The van der Waals surface area contributed by atoms with E-state index in [-0.39, 0.29) is 18.0 Å². The van der Waals surface area contributed by atoms with Crippen LogP contribution in [-0.4, -0.2) is 15.7 Å². The van der Waals surface area contributed by atoms with Crippen LogP contribution in [0, 0.1) is 19.7 Å². The Bertz CT molecular complexity index is 667. The second-order valence-electron chi connectivity index (χ2n) is 4.62. The van der Waals surface area contributed by atoms with Gasteiger partial charge < -0.3 is 5.32 Å². The standard InChI is InChI=1S/C14H15BrFN3O/c1-8-11(9(2)19(3)18-8)7-14(20)17-13-6-10(15)4-5-12(13)16/h4-6H,7H2,1-3H3,(H,17,20). The number of hydrogen-bond acceptors (Lipinski definition) is 2. The Morgan fingerprint density at radius 1 is 1.45 bits per heavy atom. The molecule has 0 radical (unpaired) electrons. The van der Waals surface area contributed by atoms with Crippen molar-refractivity contribution in [1.82, 2.24) is 9.78 Å². The summed E-state index contributed by atoms with van der Waals surface area (Å²) in [5.74, 6) is -0.720. The fourth-order valence-electron chi connectivity index (χ4n) is 2.02. The average Bonchev–Trinajstić information content (AvgIpc) is 2.61. The highest BCUT2D eigenvalue weighted by molar-refractivity contribution is 9.10. The minimum atomic E-state index is -0.457. The predicted molar refractivity (Wildman–Crippen MR) is 79.1 cm³/mol. The summed E-state index contributed by atoms with van der Waals surface area (Å²) in [5, 5.41) is 6.84. The molecule has 0 saturated heterocycles. The van der Waals surface area contributed by atoms with Gasteiger partial charge >= 0.3 is 0 Å². The van der Waals surface area contributed by atoms with Gasteiger partial charge in [0.05, 0.1) is 17.8 Å². The number of hydrogen-bond donors (Lipinski definition) is 1. The number of aryl methyl sites for hydroxylation is 2. The molecule has 4 nitrogen and oxygen atoms in total. The molecule has 0 spiro atoms. The van der Waals surface area contributed by atoms with Gasteiger partial charge in [-0.2, -0.15) is 5.10 Å². The molecule has 1 N–H and O–H groups in total. The van der Waals surface area contributed by atoms with E-state index in [0.29, 0.717) is 4.47 Å². The van der Waals surface area contributed by atoms with Crippen LogP contribution in [0.2, 0.25) is 0 Å². The normalized spacial score (nSPS) is 10.7. The van der Waals surface area contributed by atoms with E-state index >= 15 is 0 Å². The third-order valence-electron chi connectivity index (χ3n) is 3.20. The fraction of sp³-hybridized carbons (Fsp3) is 0.286. The van der Waals surface area contributed by atoms with Crippen molar-refractivity contribution in [3.8, 4) is 0 Å². The molecule has 6 heteroatoms. The number of benzene rings is 1. The number of anilines is 1. The number of nitrogens with zero attached hydrogens (tertiary/aromatic N) is 2. The molecule has 2 rings (SSSR count). The molecular weight excluding hydrogens is 325 g/mol. The van der Waals surface area contributed by atoms with Crippen molar-refractivity contribution in [2.45, 2.75) is 20.3 Å². The van der Waals surface area contributed by atoms with E-state index in [0.717, 1.165) is 17.0 Å². The minimum Gasteiger partial charge on any atom is -0.323 e. The zero-order valence-corrected chi connectivity index (χ0v) is 13.1. The number of carbonyl (C=O) groups excluding carboxylic acids is 1. The molecule has 2 aromatic rings. The van der Waals surface area contributed by atoms with Crippen molar-refractivity contribution in [3.05, 3.63) is 45.4 Å². The van der Waals surface area contributed by atoms with Crippen LogP contribution in [0.3, 0.4) is 0 Å². The van der Waals surface area contributed by atoms with Crippen LogP contribution in [0.15, 0.2) is 22.7 Å². The topological polar surface area (TPSA) is 46.9 Å². The Kier molecular flexibility index (Phi) is 4.23. The fourth-order valence-corrected chi connectivity index (χ4v) is 2.38. The van der Waals surface area contributed by atoms with Crippen LogP contribution in [0.5, 0.6) is 0 Å². The highest BCUT2D eigenvalue weighted by Gasteiger charge is 2.14. The Labute approximate surface area is 125 Å². The molecule has 0 aliphatic heterocycles. The van der Waals surface area contributed by atoms with E-state index in [2.05, 4.69) is 26.3 Å². The smallest absolute Gasteiger partial charge is 0.229 e. The van der Waals surface area contributed by atoms with Gasteiger partial charge in [-0.15, -0.1) is 0 Å². The van der Waals surface area contributed by atoms with Gasteiger partial charge in [-0.3, -0.25) is 9.48 Å². The third-order valence-corrected chi connectivity index (χ3v) is 3.69. The Hall–Kier alpha value is -1.69. The first kappa shape index (κ1) is 14.7. The summed E-state index contributed by atoms with van der Waals surface area (Å²) in [4.78, 5) is 12.0. The van der Waals surface area contributed by atoms with Crippen molar-refractivity contribution >= 4 is 27.5 Å². The highest BCUT2D eigenvalue weighted by atomic mass is 79.9. The first-order valence-electron chi connectivity index (χ1n) is 6.12. The number of halogens is 2. The van der Waals surface area contributed by atoms with Crippen molar-refractivity contribution in [1.29, 1.82) is 0 Å². The lowest BCUT2D eigenvalue weighted by atomic mass is 10.1. The molecule has 0 unspecified atom stereocenters. The van der Waals surface area contributed by atoms with Crippen molar-refractivity contribution < 1.29 is 9.18 Å². The minimum absolute atomic E-state index is 0.170. The highest BCUT2D eigenvalue weighted by Crippen LogP contribution is 2.21. The summed E-state index contributed by atoms with van der Waals surface area (Å²) in [7, 11) is 1.83. The summed E-state index contributed by atoms with van der Waals surface area (Å²) in [6, 6.07) is 4.43. The Balaban J connectivity index is 2.15. The van der Waals surface area contributed by atoms with E-state index < -0.39 is 5.82 Å². The maximum absolute atomic E-state index is 13.6. The van der Waals surface area contributed by atoms with Gasteiger partial charge in [-0.1, -0.05) is 15.9 Å². The molecule has 0 atom stereocenters. The van der Waals surface area contributed by atoms with Gasteiger partial charge in [0.1, 0.15) is 5.82 Å². The second kappa shape index (κ2) is 5.75. The quantitative estimate of drug-likeness (QED) is 0.933. The molecule has 1 aromatic carbocycles. The summed E-state index contributed by atoms with van der Waals surface area (Å²) in [5.41, 5.74) is 2.80. The van der Waals surface area contributed by atoms with Gasteiger partial charge in [-0.25, -0.2) is 4.39 Å². The van der Waals surface area contributed by atoms with Crippen LogP contribution in [0.25, 0.3) is 0 Å². The van der Waals surface area contributed by atoms with Gasteiger partial charge in [0, 0.05) is 22.8 Å². The molecule has 1 amide bonds. The predicted octanol–water partition coefficient (Wildman–Crippen LogP) is 3.12. The second-order valence-corrected chi connectivity index (χ2v) is 5.54. The SMILES string of the molecule is Cc1nn(C)c(C)c1CC(=O)Nc1cc(Br)ccc1F. The zero-order valence-electron chi connectivity index (χ0n) is 11.5. The molecule has 1 aromatic heterocycles. The lowest BCUT2D eigenvalue weighted by Crippen LogP contribution is -2.16. The van der Waals surface area contributed by atoms with E-state index in [9.17, 15) is 9.18 Å². The molecule has 0 saturated carbocycles. The number of carbonyl (C=O) groups is 1. The van der Waals surface area contributed by atoms with Crippen LogP contribution >= 0.6 is 15.9 Å². The van der Waals surface area contributed by atoms with Crippen LogP contribution < -0.4 is 5.32 Å². The van der Waals surface area contributed by atoms with Gasteiger partial charge in [0.2, 0.25) is 5.91 Å². The van der Waals surface area contributed by atoms with Gasteiger partial charge in [-0.05, 0) is 32.0 Å². The number of aromatic nitrogens is 2. The summed E-state index contributed by atoms with van der Waals surface area (Å²) >= 11 is 3.25. The summed E-state index contributed by atoms with van der Waals surface area (Å²) in [6.45, 7) is 3.76. The van der Waals surface area contributed by atoms with Crippen molar-refractivity contribution in [2.75, 3.05) is 5.32 Å². The van der Waals surface area contributed by atoms with Crippen LogP contribution in [0.4, 0.5) is 10.1 Å². The number of rotatable bonds is 3. The molecule has 0 aliphatic rings. The number of amides is 1. The largest absolute Gasteiger partial charge is 0.323 e. The summed E-state index contributed by atoms with van der Waals surface area (Å²) < 4.78 is 16.0. The molecule has 0 fully saturated rings. The first-order chi connectivity index (χ1) is 9.38. The lowest BCUT2D eigenvalue weighted by molar-refractivity contribution is -0.115. The van der Waals surface area contributed by atoms with Crippen molar-refractivity contribution in [3.63, 3.8) is 0 Å². The van der Waals surface area contributed by atoms with Crippen LogP contribution in [-0.2, 0) is 18.3 Å². The lowest BCUT2D eigenvalue weighted by Gasteiger charge is -2.07. The van der Waals surface area contributed by atoms with E-state index in [1.807, 2.05) is 20.9 Å². The summed E-state index contributed by atoms with van der Waals surface area (Å²) in [6.07, 6.45) is 0.178. The average molecular weight is 340 g/mol. The van der Waals surface area contributed by atoms with Crippen molar-refractivity contribution in [2.24, 2.45) is 7.05 Å². The number of nitrogens with one attached hydrogen (secondary N) is 1. The zero-order chi connectivity index (χ0) is 14.9. The third kappa shape index (κ3) is 3.07. The van der Waals surface area contributed by atoms with E-state index in [1.165, 1.54) is 12.1 Å².